The van der Waals surface area contributed by atoms with E-state index < -0.39 is 0 Å². The molecule has 1 N–H and O–H groups in total. The van der Waals surface area contributed by atoms with Crippen LogP contribution in [0.1, 0.15) is 40.0 Å². The van der Waals surface area contributed by atoms with Gasteiger partial charge in [0.2, 0.25) is 0 Å². The summed E-state index contributed by atoms with van der Waals surface area (Å²) in [6, 6.07) is 0. The van der Waals surface area contributed by atoms with Gasteiger partial charge >= 0.3 is 0 Å². The summed E-state index contributed by atoms with van der Waals surface area (Å²) in [7, 11) is 0. The fourth-order valence-corrected chi connectivity index (χ4v) is 1.62. The van der Waals surface area contributed by atoms with Crippen LogP contribution in [0.5, 0.6) is 0 Å². The van der Waals surface area contributed by atoms with Crippen LogP contribution >= 0.6 is 22.6 Å². The van der Waals surface area contributed by atoms with Gasteiger partial charge in [-0.05, 0) is 44.6 Å². The summed E-state index contributed by atoms with van der Waals surface area (Å²) in [6.07, 6.45) is 3.98. The number of halogens is 1. The van der Waals surface area contributed by atoms with Crippen molar-refractivity contribution >= 4 is 22.6 Å². The van der Waals surface area contributed by atoms with Gasteiger partial charge in [-0.15, -0.1) is 0 Å². The molecular weight excluding hydrogens is 289 g/mol. The second kappa shape index (κ2) is 8.92. The lowest BCUT2D eigenvalue weighted by molar-refractivity contribution is -0.000755. The number of hydrogen-bond donors (Lipinski definition) is 1. The van der Waals surface area contributed by atoms with Crippen LogP contribution in [0.3, 0.4) is 0 Å². The molecule has 0 amide bonds. The Kier molecular flexibility index (Phi) is 9.33. The van der Waals surface area contributed by atoms with Crippen molar-refractivity contribution in [1.82, 2.24) is 5.32 Å². The van der Waals surface area contributed by atoms with E-state index in [4.69, 9.17) is 4.74 Å². The SMILES string of the molecule is CC(C)(C)OCCNCCCCCI. The Morgan fingerprint density at radius 1 is 1.07 bits per heavy atom. The van der Waals surface area contributed by atoms with Crippen molar-refractivity contribution in [2.75, 3.05) is 24.1 Å². The fraction of sp³-hybridized carbons (Fsp3) is 1.00. The molecule has 2 nitrogen and oxygen atoms in total. The van der Waals surface area contributed by atoms with E-state index in [9.17, 15) is 0 Å². The molecule has 0 bridgehead atoms. The van der Waals surface area contributed by atoms with Gasteiger partial charge < -0.3 is 10.1 Å². The van der Waals surface area contributed by atoms with Crippen LogP contribution < -0.4 is 5.32 Å². The molecule has 0 saturated heterocycles. The summed E-state index contributed by atoms with van der Waals surface area (Å²) >= 11 is 2.43. The smallest absolute Gasteiger partial charge is 0.0599 e. The van der Waals surface area contributed by atoms with Crippen molar-refractivity contribution in [3.8, 4) is 0 Å². The minimum absolute atomic E-state index is 0.00287. The van der Waals surface area contributed by atoms with E-state index in [2.05, 4.69) is 48.7 Å². The van der Waals surface area contributed by atoms with E-state index in [1.165, 1.54) is 23.7 Å². The molecule has 0 aromatic rings. The minimum Gasteiger partial charge on any atom is -0.375 e. The van der Waals surface area contributed by atoms with Crippen molar-refractivity contribution < 1.29 is 4.74 Å². The van der Waals surface area contributed by atoms with Crippen LogP contribution in [-0.2, 0) is 4.74 Å². The fourth-order valence-electron chi connectivity index (χ4n) is 1.08. The molecule has 0 fully saturated rings. The highest BCUT2D eigenvalue weighted by Crippen LogP contribution is 2.05. The summed E-state index contributed by atoms with van der Waals surface area (Å²) in [5.74, 6) is 0. The van der Waals surface area contributed by atoms with Gasteiger partial charge in [0, 0.05) is 6.54 Å². The second-order valence-corrected chi connectivity index (χ2v) is 5.54. The minimum atomic E-state index is 0.00287. The monoisotopic (exact) mass is 313 g/mol. The molecule has 0 saturated carbocycles. The van der Waals surface area contributed by atoms with Crippen LogP contribution in [0.25, 0.3) is 0 Å². The van der Waals surface area contributed by atoms with Crippen LogP contribution in [0.15, 0.2) is 0 Å². The maximum absolute atomic E-state index is 5.59. The van der Waals surface area contributed by atoms with Crippen molar-refractivity contribution in [1.29, 1.82) is 0 Å². The molecule has 0 atom stereocenters. The summed E-state index contributed by atoms with van der Waals surface area (Å²) in [5.41, 5.74) is 0.00287. The molecule has 0 spiro atoms. The molecule has 0 aliphatic heterocycles. The Balaban J connectivity index is 2.99. The highest BCUT2D eigenvalue weighted by Gasteiger charge is 2.08. The molecule has 0 radical (unpaired) electrons. The summed E-state index contributed by atoms with van der Waals surface area (Å²) in [5, 5.41) is 3.39. The van der Waals surface area contributed by atoms with E-state index in [1.807, 2.05) is 0 Å². The zero-order chi connectivity index (χ0) is 10.9. The predicted molar refractivity (Wildman–Crippen MR) is 71.3 cm³/mol. The topological polar surface area (TPSA) is 21.3 Å². The molecule has 0 aromatic carbocycles. The number of unbranched alkanes of at least 4 members (excludes halogenated alkanes) is 2. The molecule has 86 valence electrons. The third kappa shape index (κ3) is 12.7. The number of rotatable bonds is 8. The lowest BCUT2D eigenvalue weighted by Crippen LogP contribution is -2.27. The molecule has 0 unspecified atom stereocenters. The van der Waals surface area contributed by atoms with E-state index >= 15 is 0 Å². The largest absolute Gasteiger partial charge is 0.375 e. The Morgan fingerprint density at radius 2 is 1.79 bits per heavy atom. The maximum atomic E-state index is 5.59. The molecule has 14 heavy (non-hydrogen) atoms. The number of nitrogens with one attached hydrogen (secondary N) is 1. The summed E-state index contributed by atoms with van der Waals surface area (Å²) < 4.78 is 6.88. The summed E-state index contributed by atoms with van der Waals surface area (Å²) in [4.78, 5) is 0. The highest BCUT2D eigenvalue weighted by molar-refractivity contribution is 14.1. The molecule has 0 aliphatic carbocycles. The average Bonchev–Trinajstić information content (AvgIpc) is 2.08. The first kappa shape index (κ1) is 14.6. The van der Waals surface area contributed by atoms with Gasteiger partial charge in [-0.1, -0.05) is 29.0 Å². The van der Waals surface area contributed by atoms with Gasteiger partial charge in [0.1, 0.15) is 0 Å². The van der Waals surface area contributed by atoms with Gasteiger partial charge in [0.15, 0.2) is 0 Å². The zero-order valence-corrected chi connectivity index (χ0v) is 11.9. The van der Waals surface area contributed by atoms with Gasteiger partial charge in [-0.25, -0.2) is 0 Å². The maximum Gasteiger partial charge on any atom is 0.0599 e. The van der Waals surface area contributed by atoms with Crippen LogP contribution in [0.4, 0.5) is 0 Å². The van der Waals surface area contributed by atoms with Crippen molar-refractivity contribution in [2.45, 2.75) is 45.6 Å². The third-order valence-corrected chi connectivity index (χ3v) is 2.56. The Bertz CT molecular complexity index is 123. The summed E-state index contributed by atoms with van der Waals surface area (Å²) in [6.45, 7) is 9.19. The van der Waals surface area contributed by atoms with Gasteiger partial charge in [-0.2, -0.15) is 0 Å². The Morgan fingerprint density at radius 3 is 2.36 bits per heavy atom. The van der Waals surface area contributed by atoms with Gasteiger partial charge in [-0.3, -0.25) is 0 Å². The second-order valence-electron chi connectivity index (χ2n) is 4.46. The number of alkyl halides is 1. The van der Waals surface area contributed by atoms with Crippen LogP contribution in [0.2, 0.25) is 0 Å². The molecular formula is C11H24INO. The first-order valence-electron chi connectivity index (χ1n) is 5.47. The molecule has 0 aliphatic rings. The standard InChI is InChI=1S/C11H24INO/c1-11(2,3)14-10-9-13-8-6-4-5-7-12/h13H,4-10H2,1-3H3. The number of ether oxygens (including phenoxy) is 1. The lowest BCUT2D eigenvalue weighted by atomic mass is 10.2. The Hall–Kier alpha value is 0.650. The van der Waals surface area contributed by atoms with Crippen molar-refractivity contribution in [2.24, 2.45) is 0 Å². The van der Waals surface area contributed by atoms with Gasteiger partial charge in [0.05, 0.1) is 12.2 Å². The Labute approximate surface area is 102 Å². The first-order valence-corrected chi connectivity index (χ1v) is 6.99. The van der Waals surface area contributed by atoms with E-state index in [0.717, 1.165) is 19.7 Å². The molecule has 0 heterocycles. The average molecular weight is 313 g/mol. The van der Waals surface area contributed by atoms with Gasteiger partial charge in [0.25, 0.3) is 0 Å². The molecule has 0 aromatic heterocycles. The highest BCUT2D eigenvalue weighted by atomic mass is 127. The van der Waals surface area contributed by atoms with Crippen molar-refractivity contribution in [3.63, 3.8) is 0 Å². The third-order valence-electron chi connectivity index (χ3n) is 1.80. The van der Waals surface area contributed by atoms with Crippen molar-refractivity contribution in [3.05, 3.63) is 0 Å². The molecule has 0 rings (SSSR count). The van der Waals surface area contributed by atoms with Crippen LogP contribution in [0, 0.1) is 0 Å². The zero-order valence-electron chi connectivity index (χ0n) is 9.74. The van der Waals surface area contributed by atoms with E-state index in [0.29, 0.717) is 0 Å². The molecule has 3 heteroatoms. The number of hydrogen-bond acceptors (Lipinski definition) is 2. The predicted octanol–water partition coefficient (Wildman–Crippen LogP) is 3.00. The quantitative estimate of drug-likeness (QED) is 0.422. The lowest BCUT2D eigenvalue weighted by Gasteiger charge is -2.19. The van der Waals surface area contributed by atoms with E-state index in [1.54, 1.807) is 0 Å². The van der Waals surface area contributed by atoms with E-state index in [-0.39, 0.29) is 5.60 Å². The van der Waals surface area contributed by atoms with Crippen LogP contribution in [-0.4, -0.2) is 29.7 Å². The normalized spacial score (nSPS) is 12.0. The first-order chi connectivity index (χ1) is 6.56.